The maximum absolute atomic E-state index is 11.0. The van der Waals surface area contributed by atoms with Crippen molar-refractivity contribution < 1.29 is 9.90 Å². The molecule has 0 spiro atoms. The molecule has 0 fully saturated rings. The van der Waals surface area contributed by atoms with E-state index in [1.54, 1.807) is 23.9 Å². The third-order valence-corrected chi connectivity index (χ3v) is 3.76. The van der Waals surface area contributed by atoms with Gasteiger partial charge in [0.2, 0.25) is 0 Å². The van der Waals surface area contributed by atoms with E-state index in [-0.39, 0.29) is 5.56 Å². The van der Waals surface area contributed by atoms with Crippen LogP contribution in [0.25, 0.3) is 11.1 Å². The number of hydrogen-bond donors (Lipinski definition) is 1. The average molecular weight is 293 g/mol. The summed E-state index contributed by atoms with van der Waals surface area (Å²) in [5, 5.41) is 9.47. The van der Waals surface area contributed by atoms with Crippen LogP contribution >= 0.6 is 23.4 Å². The SMILES string of the molecule is CCSc1ccc(-c2cc(Cl)cc(C(=O)O)c2)cc1. The number of aromatic carboxylic acids is 1. The summed E-state index contributed by atoms with van der Waals surface area (Å²) in [6.07, 6.45) is 0. The minimum absolute atomic E-state index is 0.203. The predicted octanol–water partition coefficient (Wildman–Crippen LogP) is 4.82. The largest absolute Gasteiger partial charge is 0.478 e. The monoisotopic (exact) mass is 292 g/mol. The van der Waals surface area contributed by atoms with Crippen LogP contribution in [0.2, 0.25) is 5.02 Å². The molecule has 0 radical (unpaired) electrons. The van der Waals surface area contributed by atoms with Gasteiger partial charge in [-0.05, 0) is 47.2 Å². The Balaban J connectivity index is 2.38. The summed E-state index contributed by atoms with van der Waals surface area (Å²) in [6.45, 7) is 2.11. The van der Waals surface area contributed by atoms with E-state index in [0.717, 1.165) is 16.9 Å². The van der Waals surface area contributed by atoms with Gasteiger partial charge in [-0.25, -0.2) is 4.79 Å². The van der Waals surface area contributed by atoms with Crippen molar-refractivity contribution in [3.63, 3.8) is 0 Å². The molecule has 0 unspecified atom stereocenters. The molecule has 0 aliphatic carbocycles. The number of carbonyl (C=O) groups is 1. The number of carboxylic acid groups (broad SMARTS) is 1. The van der Waals surface area contributed by atoms with Gasteiger partial charge in [-0.15, -0.1) is 11.8 Å². The lowest BCUT2D eigenvalue weighted by molar-refractivity contribution is 0.0697. The number of halogens is 1. The van der Waals surface area contributed by atoms with Crippen LogP contribution in [0.15, 0.2) is 47.4 Å². The van der Waals surface area contributed by atoms with Crippen molar-refractivity contribution in [1.82, 2.24) is 0 Å². The summed E-state index contributed by atoms with van der Waals surface area (Å²) >= 11 is 7.73. The molecule has 98 valence electrons. The van der Waals surface area contributed by atoms with Crippen LogP contribution < -0.4 is 0 Å². The first-order chi connectivity index (χ1) is 9.10. The zero-order chi connectivity index (χ0) is 13.8. The maximum atomic E-state index is 11.0. The smallest absolute Gasteiger partial charge is 0.335 e. The third kappa shape index (κ3) is 3.52. The van der Waals surface area contributed by atoms with Gasteiger partial charge in [0.15, 0.2) is 0 Å². The molecule has 0 aliphatic heterocycles. The molecule has 2 rings (SSSR count). The van der Waals surface area contributed by atoms with E-state index >= 15 is 0 Å². The Morgan fingerprint density at radius 1 is 1.16 bits per heavy atom. The van der Waals surface area contributed by atoms with Crippen LogP contribution in [0.1, 0.15) is 17.3 Å². The number of hydrogen-bond acceptors (Lipinski definition) is 2. The summed E-state index contributed by atoms with van der Waals surface area (Å²) in [7, 11) is 0. The summed E-state index contributed by atoms with van der Waals surface area (Å²) < 4.78 is 0. The van der Waals surface area contributed by atoms with Crippen molar-refractivity contribution in [1.29, 1.82) is 0 Å². The van der Waals surface area contributed by atoms with E-state index in [0.29, 0.717) is 5.02 Å². The van der Waals surface area contributed by atoms with Gasteiger partial charge in [0.1, 0.15) is 0 Å². The van der Waals surface area contributed by atoms with E-state index in [4.69, 9.17) is 16.7 Å². The van der Waals surface area contributed by atoms with Crippen molar-refractivity contribution in [3.05, 3.63) is 53.1 Å². The Morgan fingerprint density at radius 2 is 1.84 bits per heavy atom. The third-order valence-electron chi connectivity index (χ3n) is 2.64. The van der Waals surface area contributed by atoms with Gasteiger partial charge in [-0.1, -0.05) is 30.7 Å². The Kier molecular flexibility index (Phi) is 4.51. The average Bonchev–Trinajstić information content (AvgIpc) is 2.39. The first-order valence-corrected chi connectivity index (χ1v) is 7.23. The minimum Gasteiger partial charge on any atom is -0.478 e. The molecule has 0 aromatic heterocycles. The Labute approximate surface area is 121 Å². The number of carboxylic acids is 1. The van der Waals surface area contributed by atoms with E-state index in [9.17, 15) is 4.79 Å². The molecule has 2 aromatic carbocycles. The predicted molar refractivity (Wildman–Crippen MR) is 80.2 cm³/mol. The highest BCUT2D eigenvalue weighted by atomic mass is 35.5. The molecule has 0 saturated carbocycles. The topological polar surface area (TPSA) is 37.3 Å². The van der Waals surface area contributed by atoms with Crippen LogP contribution in [0.4, 0.5) is 0 Å². The van der Waals surface area contributed by atoms with Gasteiger partial charge in [-0.2, -0.15) is 0 Å². The van der Waals surface area contributed by atoms with Gasteiger partial charge in [0.05, 0.1) is 5.56 Å². The Morgan fingerprint density at radius 3 is 2.42 bits per heavy atom. The van der Waals surface area contributed by atoms with Crippen LogP contribution in [-0.4, -0.2) is 16.8 Å². The van der Waals surface area contributed by atoms with E-state index < -0.39 is 5.97 Å². The number of thioether (sulfide) groups is 1. The fourth-order valence-electron chi connectivity index (χ4n) is 1.79. The fraction of sp³-hybridized carbons (Fsp3) is 0.133. The molecule has 0 saturated heterocycles. The first kappa shape index (κ1) is 14.0. The van der Waals surface area contributed by atoms with Gasteiger partial charge in [0, 0.05) is 9.92 Å². The zero-order valence-corrected chi connectivity index (χ0v) is 12.0. The molecule has 0 amide bonds. The van der Waals surface area contributed by atoms with Crippen molar-refractivity contribution in [2.75, 3.05) is 5.75 Å². The highest BCUT2D eigenvalue weighted by molar-refractivity contribution is 7.99. The van der Waals surface area contributed by atoms with Crippen molar-refractivity contribution in [3.8, 4) is 11.1 Å². The number of rotatable bonds is 4. The van der Waals surface area contributed by atoms with Crippen LogP contribution in [-0.2, 0) is 0 Å². The molecule has 0 bridgehead atoms. The molecule has 1 N–H and O–H groups in total. The van der Waals surface area contributed by atoms with Crippen molar-refractivity contribution in [2.24, 2.45) is 0 Å². The first-order valence-electron chi connectivity index (χ1n) is 5.87. The summed E-state index contributed by atoms with van der Waals surface area (Å²) in [5.74, 6) is 0.0570. The van der Waals surface area contributed by atoms with Crippen LogP contribution in [0.5, 0.6) is 0 Å². The van der Waals surface area contributed by atoms with E-state index in [1.807, 2.05) is 24.3 Å². The van der Waals surface area contributed by atoms with Gasteiger partial charge < -0.3 is 5.11 Å². The Bertz CT molecular complexity index is 594. The normalized spacial score (nSPS) is 10.4. The second kappa shape index (κ2) is 6.13. The maximum Gasteiger partial charge on any atom is 0.335 e. The molecule has 19 heavy (non-hydrogen) atoms. The summed E-state index contributed by atoms with van der Waals surface area (Å²) in [4.78, 5) is 12.2. The second-order valence-corrected chi connectivity index (χ2v) is 5.76. The van der Waals surface area contributed by atoms with Gasteiger partial charge >= 0.3 is 5.97 Å². The zero-order valence-electron chi connectivity index (χ0n) is 10.4. The molecule has 0 aliphatic rings. The van der Waals surface area contributed by atoms with Gasteiger partial charge in [0.25, 0.3) is 0 Å². The molecule has 0 atom stereocenters. The molecule has 2 nitrogen and oxygen atoms in total. The lowest BCUT2D eigenvalue weighted by Gasteiger charge is -2.06. The highest BCUT2D eigenvalue weighted by Crippen LogP contribution is 2.27. The van der Waals surface area contributed by atoms with Crippen molar-refractivity contribution in [2.45, 2.75) is 11.8 Å². The lowest BCUT2D eigenvalue weighted by atomic mass is 10.0. The molecule has 0 heterocycles. The standard InChI is InChI=1S/C15H13ClO2S/c1-2-19-14-5-3-10(4-6-14)11-7-12(15(17)18)9-13(16)8-11/h3-9H,2H2,1H3,(H,17,18). The van der Waals surface area contributed by atoms with Crippen molar-refractivity contribution >= 4 is 29.3 Å². The van der Waals surface area contributed by atoms with E-state index in [1.165, 1.54) is 11.0 Å². The molecule has 4 heteroatoms. The van der Waals surface area contributed by atoms with Gasteiger partial charge in [-0.3, -0.25) is 0 Å². The highest BCUT2D eigenvalue weighted by Gasteiger charge is 2.07. The molecular formula is C15H13ClO2S. The van der Waals surface area contributed by atoms with Crippen LogP contribution in [0, 0.1) is 0 Å². The summed E-state index contributed by atoms with van der Waals surface area (Å²) in [5.41, 5.74) is 1.98. The Hall–Kier alpha value is -1.45. The van der Waals surface area contributed by atoms with Crippen LogP contribution in [0.3, 0.4) is 0 Å². The quantitative estimate of drug-likeness (QED) is 0.821. The number of benzene rings is 2. The summed E-state index contributed by atoms with van der Waals surface area (Å²) in [6, 6.07) is 12.9. The van der Waals surface area contributed by atoms with E-state index in [2.05, 4.69) is 6.92 Å². The molecule has 2 aromatic rings. The lowest BCUT2D eigenvalue weighted by Crippen LogP contribution is -1.96. The fourth-order valence-corrected chi connectivity index (χ4v) is 2.69. The minimum atomic E-state index is -0.970. The molecular weight excluding hydrogens is 280 g/mol. The second-order valence-electron chi connectivity index (χ2n) is 3.99.